The fourth-order valence-corrected chi connectivity index (χ4v) is 3.03. The van der Waals surface area contributed by atoms with E-state index in [1.165, 1.54) is 24.3 Å². The predicted molar refractivity (Wildman–Crippen MR) is 83.5 cm³/mol. The summed E-state index contributed by atoms with van der Waals surface area (Å²) in [5.74, 6) is -2.48. The highest BCUT2D eigenvalue weighted by molar-refractivity contribution is 7.92. The molecule has 0 bridgehead atoms. The number of methoxy groups -OCH3 is 1. The molecule has 9 heteroatoms. The molecular formula is C15H13FN2O5S. The molecule has 0 unspecified atom stereocenters. The molecule has 1 amide bonds. The molecule has 0 fully saturated rings. The number of hydrogen-bond acceptors (Lipinski definition) is 5. The van der Waals surface area contributed by atoms with Crippen molar-refractivity contribution in [2.24, 2.45) is 5.73 Å². The Bertz CT molecular complexity index is 895. The van der Waals surface area contributed by atoms with Crippen molar-refractivity contribution in [2.75, 3.05) is 11.8 Å². The number of halogens is 1. The van der Waals surface area contributed by atoms with E-state index in [0.717, 1.165) is 25.3 Å². The van der Waals surface area contributed by atoms with Gasteiger partial charge in [-0.2, -0.15) is 0 Å². The summed E-state index contributed by atoms with van der Waals surface area (Å²) in [4.78, 5) is 21.7. The van der Waals surface area contributed by atoms with E-state index in [1.807, 2.05) is 0 Å². The third-order valence-corrected chi connectivity index (χ3v) is 4.46. The third kappa shape index (κ3) is 3.69. The molecule has 0 aliphatic rings. The Balaban J connectivity index is 2.36. The largest absolute Gasteiger partial charge is 0.465 e. The summed E-state index contributed by atoms with van der Waals surface area (Å²) in [5, 5.41) is 0. The van der Waals surface area contributed by atoms with Crippen molar-refractivity contribution in [3.8, 4) is 0 Å². The van der Waals surface area contributed by atoms with Gasteiger partial charge >= 0.3 is 5.97 Å². The van der Waals surface area contributed by atoms with E-state index in [-0.39, 0.29) is 16.8 Å². The van der Waals surface area contributed by atoms with Gasteiger partial charge < -0.3 is 10.5 Å². The molecule has 0 atom stereocenters. The molecule has 0 aliphatic carbocycles. The van der Waals surface area contributed by atoms with Crippen molar-refractivity contribution < 1.29 is 27.1 Å². The Morgan fingerprint density at radius 1 is 1.08 bits per heavy atom. The molecule has 0 aromatic heterocycles. The number of carbonyl (C=O) groups excluding carboxylic acids is 2. The first-order valence-corrected chi connectivity index (χ1v) is 8.03. The SMILES string of the molecule is COC(=O)c1ccc(F)c(S(=O)(=O)Nc2ccc(C(N)=O)cc2)c1. The lowest BCUT2D eigenvalue weighted by atomic mass is 10.2. The minimum atomic E-state index is -4.29. The molecule has 0 radical (unpaired) electrons. The second-order valence-electron chi connectivity index (χ2n) is 4.68. The number of carbonyl (C=O) groups is 2. The zero-order valence-corrected chi connectivity index (χ0v) is 13.3. The number of nitrogens with one attached hydrogen (secondary N) is 1. The van der Waals surface area contributed by atoms with Crippen LogP contribution in [-0.4, -0.2) is 27.4 Å². The zero-order valence-electron chi connectivity index (χ0n) is 12.4. The number of hydrogen-bond donors (Lipinski definition) is 2. The van der Waals surface area contributed by atoms with Crippen molar-refractivity contribution in [3.63, 3.8) is 0 Å². The van der Waals surface area contributed by atoms with Gasteiger partial charge in [0.25, 0.3) is 10.0 Å². The normalized spacial score (nSPS) is 10.9. The van der Waals surface area contributed by atoms with Crippen LogP contribution in [0.25, 0.3) is 0 Å². The Labute approximate surface area is 137 Å². The maximum absolute atomic E-state index is 13.9. The fourth-order valence-electron chi connectivity index (χ4n) is 1.87. The van der Waals surface area contributed by atoms with E-state index in [9.17, 15) is 22.4 Å². The first kappa shape index (κ1) is 17.4. The molecule has 7 nitrogen and oxygen atoms in total. The molecule has 2 rings (SSSR count). The number of benzene rings is 2. The predicted octanol–water partition coefficient (Wildman–Crippen LogP) is 1.51. The maximum atomic E-state index is 13.9. The highest BCUT2D eigenvalue weighted by Crippen LogP contribution is 2.21. The molecule has 126 valence electrons. The summed E-state index contributed by atoms with van der Waals surface area (Å²) in [7, 11) is -3.17. The summed E-state index contributed by atoms with van der Waals surface area (Å²) >= 11 is 0. The number of ether oxygens (including phenoxy) is 1. The van der Waals surface area contributed by atoms with Gasteiger partial charge in [-0.1, -0.05) is 0 Å². The Hall–Kier alpha value is -2.94. The van der Waals surface area contributed by atoms with Crippen LogP contribution in [0, 0.1) is 5.82 Å². The average molecular weight is 352 g/mol. The lowest BCUT2D eigenvalue weighted by molar-refractivity contribution is 0.0600. The third-order valence-electron chi connectivity index (χ3n) is 3.06. The van der Waals surface area contributed by atoms with Gasteiger partial charge in [0, 0.05) is 11.3 Å². The van der Waals surface area contributed by atoms with Gasteiger partial charge in [0.2, 0.25) is 5.91 Å². The second kappa shape index (κ2) is 6.67. The number of rotatable bonds is 5. The number of nitrogens with two attached hydrogens (primary N) is 1. The molecule has 3 N–H and O–H groups in total. The summed E-state index contributed by atoms with van der Waals surface area (Å²) in [6, 6.07) is 8.10. The van der Waals surface area contributed by atoms with E-state index >= 15 is 0 Å². The van der Waals surface area contributed by atoms with Gasteiger partial charge in [0.15, 0.2) is 0 Å². The molecule has 2 aromatic carbocycles. The number of esters is 1. The van der Waals surface area contributed by atoms with E-state index < -0.39 is 32.6 Å². The smallest absolute Gasteiger partial charge is 0.337 e. The summed E-state index contributed by atoms with van der Waals surface area (Å²) in [6.07, 6.45) is 0. The average Bonchev–Trinajstić information content (AvgIpc) is 2.54. The summed E-state index contributed by atoms with van der Waals surface area (Å²) in [6.45, 7) is 0. The van der Waals surface area contributed by atoms with Crippen molar-refractivity contribution >= 4 is 27.6 Å². The number of primary amides is 1. The van der Waals surface area contributed by atoms with Crippen molar-refractivity contribution in [3.05, 3.63) is 59.4 Å². The second-order valence-corrected chi connectivity index (χ2v) is 6.33. The number of amides is 1. The molecular weight excluding hydrogens is 339 g/mol. The minimum Gasteiger partial charge on any atom is -0.465 e. The monoisotopic (exact) mass is 352 g/mol. The van der Waals surface area contributed by atoms with Crippen LogP contribution in [0.15, 0.2) is 47.4 Å². The summed E-state index contributed by atoms with van der Waals surface area (Å²) in [5.41, 5.74) is 5.27. The first-order valence-electron chi connectivity index (χ1n) is 6.55. The van der Waals surface area contributed by atoms with E-state index in [4.69, 9.17) is 5.73 Å². The van der Waals surface area contributed by atoms with Crippen molar-refractivity contribution in [1.29, 1.82) is 0 Å². The topological polar surface area (TPSA) is 116 Å². The Morgan fingerprint density at radius 3 is 2.21 bits per heavy atom. The van der Waals surface area contributed by atoms with Gasteiger partial charge in [-0.05, 0) is 42.5 Å². The van der Waals surface area contributed by atoms with Crippen LogP contribution in [-0.2, 0) is 14.8 Å². The fraction of sp³-hybridized carbons (Fsp3) is 0.0667. The number of sulfonamides is 1. The van der Waals surface area contributed by atoms with Crippen LogP contribution in [0.1, 0.15) is 20.7 Å². The van der Waals surface area contributed by atoms with Crippen LogP contribution in [0.4, 0.5) is 10.1 Å². The van der Waals surface area contributed by atoms with Gasteiger partial charge in [0.05, 0.1) is 12.7 Å². The Kier molecular flexibility index (Phi) is 4.84. The first-order chi connectivity index (χ1) is 11.2. The minimum absolute atomic E-state index is 0.0999. The summed E-state index contributed by atoms with van der Waals surface area (Å²) < 4.78 is 45.1. The van der Waals surface area contributed by atoms with Gasteiger partial charge in [-0.3, -0.25) is 9.52 Å². The van der Waals surface area contributed by atoms with Gasteiger partial charge in [-0.25, -0.2) is 17.6 Å². The molecule has 24 heavy (non-hydrogen) atoms. The van der Waals surface area contributed by atoms with E-state index in [2.05, 4.69) is 9.46 Å². The Morgan fingerprint density at radius 2 is 1.67 bits per heavy atom. The molecule has 0 heterocycles. The van der Waals surface area contributed by atoms with Crippen LogP contribution in [0.3, 0.4) is 0 Å². The molecule has 0 aliphatic heterocycles. The zero-order chi connectivity index (χ0) is 17.9. The van der Waals surface area contributed by atoms with E-state index in [0.29, 0.717) is 0 Å². The molecule has 0 saturated heterocycles. The van der Waals surface area contributed by atoms with Crippen LogP contribution in [0.2, 0.25) is 0 Å². The van der Waals surface area contributed by atoms with Crippen molar-refractivity contribution in [2.45, 2.75) is 4.90 Å². The lowest BCUT2D eigenvalue weighted by Gasteiger charge is -2.10. The molecule has 2 aromatic rings. The highest BCUT2D eigenvalue weighted by Gasteiger charge is 2.21. The van der Waals surface area contributed by atoms with E-state index in [1.54, 1.807) is 0 Å². The molecule has 0 spiro atoms. The van der Waals surface area contributed by atoms with Crippen LogP contribution >= 0.6 is 0 Å². The number of anilines is 1. The van der Waals surface area contributed by atoms with Gasteiger partial charge in [0.1, 0.15) is 10.7 Å². The standard InChI is InChI=1S/C15H13FN2O5S/c1-23-15(20)10-4-7-12(16)13(8-10)24(21,22)18-11-5-2-9(3-6-11)14(17)19/h2-8,18H,1H3,(H2,17,19). The quantitative estimate of drug-likeness (QED) is 0.792. The molecule has 0 saturated carbocycles. The lowest BCUT2D eigenvalue weighted by Crippen LogP contribution is -2.16. The van der Waals surface area contributed by atoms with Crippen molar-refractivity contribution in [1.82, 2.24) is 0 Å². The van der Waals surface area contributed by atoms with Crippen LogP contribution < -0.4 is 10.5 Å². The maximum Gasteiger partial charge on any atom is 0.337 e. The van der Waals surface area contributed by atoms with Gasteiger partial charge in [-0.15, -0.1) is 0 Å². The highest BCUT2D eigenvalue weighted by atomic mass is 32.2. The van der Waals surface area contributed by atoms with Crippen LogP contribution in [0.5, 0.6) is 0 Å².